The fourth-order valence-electron chi connectivity index (χ4n) is 1.66. The molecule has 0 aromatic heterocycles. The summed E-state index contributed by atoms with van der Waals surface area (Å²) in [5.41, 5.74) is 0. The zero-order valence-corrected chi connectivity index (χ0v) is 12.3. The van der Waals surface area contributed by atoms with Gasteiger partial charge in [0.25, 0.3) is 10.2 Å². The molecule has 1 rings (SSSR count). The molecule has 112 valence electrons. The van der Waals surface area contributed by atoms with Gasteiger partial charge in [-0.25, -0.2) is 8.42 Å². The molecule has 1 fully saturated rings. The number of carboxylic acids is 1. The monoisotopic (exact) mass is 315 g/mol. The molecule has 19 heavy (non-hydrogen) atoms. The number of aliphatic carboxylic acids is 1. The van der Waals surface area contributed by atoms with Crippen LogP contribution in [0.5, 0.6) is 0 Å². The van der Waals surface area contributed by atoms with E-state index in [9.17, 15) is 21.6 Å². The Kier molecular flexibility index (Phi) is 4.90. The molecule has 1 aliphatic rings. The third-order valence-corrected chi connectivity index (χ3v) is 6.39. The van der Waals surface area contributed by atoms with Gasteiger partial charge in [0.15, 0.2) is 5.75 Å². The summed E-state index contributed by atoms with van der Waals surface area (Å²) in [5, 5.41) is 8.51. The molecule has 1 heterocycles. The maximum absolute atomic E-state index is 11.8. The van der Waals surface area contributed by atoms with Gasteiger partial charge >= 0.3 is 5.97 Å². The van der Waals surface area contributed by atoms with Gasteiger partial charge in [-0.2, -0.15) is 21.3 Å². The topological polar surface area (TPSA) is 115 Å². The average molecular weight is 315 g/mol. The summed E-state index contributed by atoms with van der Waals surface area (Å²) in [5.74, 6) is -2.41. The standard InChI is InChI=1S/C8H17N3O6S2/c1-9(2)19(16,17)11-5-3-10(4-6-11)18(14,15)7-8(12)13/h3-7H2,1-2H3,(H,12,13). The summed E-state index contributed by atoms with van der Waals surface area (Å²) in [6, 6.07) is 0. The first-order chi connectivity index (χ1) is 8.57. The molecule has 1 N–H and O–H groups in total. The number of hydrogen-bond acceptors (Lipinski definition) is 5. The van der Waals surface area contributed by atoms with Crippen LogP contribution in [-0.2, 0) is 25.0 Å². The second kappa shape index (κ2) is 5.71. The lowest BCUT2D eigenvalue weighted by atomic mass is 10.4. The van der Waals surface area contributed by atoms with Gasteiger partial charge in [0.05, 0.1) is 0 Å². The number of rotatable bonds is 5. The van der Waals surface area contributed by atoms with E-state index in [-0.39, 0.29) is 26.2 Å². The summed E-state index contributed by atoms with van der Waals surface area (Å²) in [6.45, 7) is -0.0515. The van der Waals surface area contributed by atoms with Crippen LogP contribution in [0.2, 0.25) is 0 Å². The summed E-state index contributed by atoms with van der Waals surface area (Å²) in [7, 11) is -4.65. The molecule has 0 bridgehead atoms. The van der Waals surface area contributed by atoms with Crippen LogP contribution in [0.3, 0.4) is 0 Å². The SMILES string of the molecule is CN(C)S(=O)(=O)N1CCN(S(=O)(=O)CC(=O)O)CC1. The third kappa shape index (κ3) is 3.86. The van der Waals surface area contributed by atoms with Crippen molar-refractivity contribution >= 4 is 26.2 Å². The zero-order chi connectivity index (χ0) is 14.8. The molecule has 0 aromatic rings. The van der Waals surface area contributed by atoms with E-state index >= 15 is 0 Å². The minimum atomic E-state index is -3.87. The minimum absolute atomic E-state index is 0.0133. The Balaban J connectivity index is 2.71. The zero-order valence-electron chi connectivity index (χ0n) is 10.7. The number of piperazine rings is 1. The third-order valence-electron chi connectivity index (χ3n) is 2.68. The number of nitrogens with zero attached hydrogens (tertiary/aromatic N) is 3. The highest BCUT2D eigenvalue weighted by molar-refractivity contribution is 7.89. The molecule has 11 heteroatoms. The Morgan fingerprint density at radius 2 is 1.47 bits per heavy atom. The molecule has 0 spiro atoms. The molecule has 0 saturated carbocycles. The van der Waals surface area contributed by atoms with Crippen LogP contribution in [0.25, 0.3) is 0 Å². The highest BCUT2D eigenvalue weighted by Gasteiger charge is 2.33. The van der Waals surface area contributed by atoms with E-state index in [4.69, 9.17) is 5.11 Å². The smallest absolute Gasteiger partial charge is 0.320 e. The molecule has 0 amide bonds. The van der Waals surface area contributed by atoms with Crippen LogP contribution >= 0.6 is 0 Å². The molecular weight excluding hydrogens is 298 g/mol. The van der Waals surface area contributed by atoms with Crippen LogP contribution in [0.4, 0.5) is 0 Å². The normalized spacial score (nSPS) is 19.7. The Morgan fingerprint density at radius 1 is 1.05 bits per heavy atom. The summed E-state index contributed by atoms with van der Waals surface area (Å²) >= 11 is 0. The molecular formula is C8H17N3O6S2. The van der Waals surface area contributed by atoms with E-state index in [1.165, 1.54) is 18.4 Å². The largest absolute Gasteiger partial charge is 0.480 e. The fourth-order valence-corrected chi connectivity index (χ4v) is 3.96. The highest BCUT2D eigenvalue weighted by Crippen LogP contribution is 2.12. The Bertz CT molecular complexity index is 533. The molecule has 1 saturated heterocycles. The highest BCUT2D eigenvalue weighted by atomic mass is 32.2. The van der Waals surface area contributed by atoms with Crippen LogP contribution < -0.4 is 0 Å². The first-order valence-corrected chi connectivity index (χ1v) is 8.45. The maximum Gasteiger partial charge on any atom is 0.320 e. The fraction of sp³-hybridized carbons (Fsp3) is 0.875. The molecule has 0 radical (unpaired) electrons. The Hall–Kier alpha value is -0.750. The van der Waals surface area contributed by atoms with Gasteiger partial charge in [-0.05, 0) is 0 Å². The van der Waals surface area contributed by atoms with E-state index in [0.29, 0.717) is 0 Å². The average Bonchev–Trinajstić information content (AvgIpc) is 2.27. The summed E-state index contributed by atoms with van der Waals surface area (Å²) < 4.78 is 50.1. The second-order valence-corrected chi connectivity index (χ2v) is 8.35. The van der Waals surface area contributed by atoms with Crippen LogP contribution in [0, 0.1) is 0 Å². The van der Waals surface area contributed by atoms with Gasteiger partial charge in [0.1, 0.15) is 0 Å². The number of sulfonamides is 1. The Morgan fingerprint density at radius 3 is 1.84 bits per heavy atom. The molecule has 0 unspecified atom stereocenters. The van der Waals surface area contributed by atoms with E-state index in [1.807, 2.05) is 0 Å². The quantitative estimate of drug-likeness (QED) is 0.617. The lowest BCUT2D eigenvalue weighted by molar-refractivity contribution is -0.134. The molecule has 1 aliphatic heterocycles. The van der Waals surface area contributed by atoms with Crippen molar-refractivity contribution in [2.45, 2.75) is 0 Å². The first-order valence-electron chi connectivity index (χ1n) is 5.44. The van der Waals surface area contributed by atoms with E-state index in [1.54, 1.807) is 0 Å². The molecule has 0 aliphatic carbocycles. The second-order valence-electron chi connectivity index (χ2n) is 4.24. The number of hydrogen-bond donors (Lipinski definition) is 1. The van der Waals surface area contributed by atoms with Gasteiger partial charge in [0, 0.05) is 40.3 Å². The van der Waals surface area contributed by atoms with Crippen LogP contribution in [-0.4, -0.2) is 86.9 Å². The van der Waals surface area contributed by atoms with Crippen molar-refractivity contribution in [2.75, 3.05) is 46.0 Å². The van der Waals surface area contributed by atoms with Crippen molar-refractivity contribution in [3.63, 3.8) is 0 Å². The lowest BCUT2D eigenvalue weighted by Crippen LogP contribution is -2.53. The molecule has 9 nitrogen and oxygen atoms in total. The summed E-state index contributed by atoms with van der Waals surface area (Å²) in [4.78, 5) is 10.5. The summed E-state index contributed by atoms with van der Waals surface area (Å²) in [6.07, 6.45) is 0. The van der Waals surface area contributed by atoms with Gasteiger partial charge in [-0.1, -0.05) is 0 Å². The van der Waals surface area contributed by atoms with Crippen molar-refractivity contribution in [1.82, 2.24) is 12.9 Å². The van der Waals surface area contributed by atoms with Gasteiger partial charge in [-0.3, -0.25) is 4.79 Å². The van der Waals surface area contributed by atoms with Crippen molar-refractivity contribution < 1.29 is 26.7 Å². The van der Waals surface area contributed by atoms with Crippen LogP contribution in [0.1, 0.15) is 0 Å². The van der Waals surface area contributed by atoms with Crippen molar-refractivity contribution in [1.29, 1.82) is 0 Å². The van der Waals surface area contributed by atoms with E-state index < -0.39 is 32.0 Å². The van der Waals surface area contributed by atoms with Crippen molar-refractivity contribution in [3.8, 4) is 0 Å². The number of carbonyl (C=O) groups is 1. The maximum atomic E-state index is 11.8. The predicted molar refractivity (Wildman–Crippen MR) is 67.2 cm³/mol. The van der Waals surface area contributed by atoms with Crippen molar-refractivity contribution in [2.24, 2.45) is 0 Å². The van der Waals surface area contributed by atoms with E-state index in [0.717, 1.165) is 8.61 Å². The molecule has 0 atom stereocenters. The van der Waals surface area contributed by atoms with Crippen molar-refractivity contribution in [3.05, 3.63) is 0 Å². The Labute approximate surface area is 112 Å². The van der Waals surface area contributed by atoms with Gasteiger partial charge < -0.3 is 5.11 Å². The van der Waals surface area contributed by atoms with Gasteiger partial charge in [-0.15, -0.1) is 0 Å². The van der Waals surface area contributed by atoms with Gasteiger partial charge in [0.2, 0.25) is 10.0 Å². The predicted octanol–water partition coefficient (Wildman–Crippen LogP) is -2.18. The molecule has 0 aromatic carbocycles. The minimum Gasteiger partial charge on any atom is -0.480 e. The first kappa shape index (κ1) is 16.3. The van der Waals surface area contributed by atoms with E-state index in [2.05, 4.69) is 0 Å². The van der Waals surface area contributed by atoms with Crippen LogP contribution in [0.15, 0.2) is 0 Å². The number of carboxylic acid groups (broad SMARTS) is 1. The lowest BCUT2D eigenvalue weighted by Gasteiger charge is -2.34.